The molecule has 2 aliphatic heterocycles. The summed E-state index contributed by atoms with van der Waals surface area (Å²) in [4.78, 5) is 27.5. The Kier molecular flexibility index (Phi) is 5.85. The summed E-state index contributed by atoms with van der Waals surface area (Å²) in [6.45, 7) is 2.47. The summed E-state index contributed by atoms with van der Waals surface area (Å²) in [5.41, 5.74) is 6.61. The van der Waals surface area contributed by atoms with Crippen LogP contribution in [0.5, 0.6) is 0 Å². The molecular formula is C21H23ClN2O4S. The highest BCUT2D eigenvalue weighted by Crippen LogP contribution is 2.35. The van der Waals surface area contributed by atoms with Crippen LogP contribution in [0, 0.1) is 0 Å². The van der Waals surface area contributed by atoms with Gasteiger partial charge in [-0.2, -0.15) is 0 Å². The van der Waals surface area contributed by atoms with Gasteiger partial charge in [0.15, 0.2) is 5.78 Å². The van der Waals surface area contributed by atoms with Crippen LogP contribution in [0.4, 0.5) is 0 Å². The molecule has 2 aromatic rings. The van der Waals surface area contributed by atoms with E-state index in [0.717, 1.165) is 19.3 Å². The molecule has 154 valence electrons. The van der Waals surface area contributed by atoms with Gasteiger partial charge in [-0.25, -0.2) is 8.42 Å². The van der Waals surface area contributed by atoms with E-state index in [1.807, 2.05) is 6.92 Å². The van der Waals surface area contributed by atoms with E-state index < -0.39 is 9.84 Å². The molecule has 29 heavy (non-hydrogen) atoms. The molecule has 0 saturated carbocycles. The number of nitrogens with zero attached hydrogens (tertiary/aromatic N) is 1. The van der Waals surface area contributed by atoms with Crippen LogP contribution in [0.1, 0.15) is 52.5 Å². The number of nitrogens with two attached hydrogens (primary N) is 1. The molecule has 1 saturated heterocycles. The maximum absolute atomic E-state index is 13.1. The third-order valence-corrected chi connectivity index (χ3v) is 7.45. The molecule has 0 radical (unpaired) electrons. The number of carbonyl (C=O) groups is 2. The van der Waals surface area contributed by atoms with Crippen molar-refractivity contribution in [3.8, 4) is 0 Å². The van der Waals surface area contributed by atoms with Crippen LogP contribution in [-0.4, -0.2) is 43.6 Å². The third kappa shape index (κ3) is 3.47. The summed E-state index contributed by atoms with van der Waals surface area (Å²) >= 11 is 0. The van der Waals surface area contributed by atoms with Crippen LogP contribution in [0.15, 0.2) is 52.3 Å². The number of ketones is 1. The number of rotatable bonds is 2. The minimum Gasteiger partial charge on any atom is -0.334 e. The Bertz CT molecular complexity index is 1080. The Morgan fingerprint density at radius 2 is 1.79 bits per heavy atom. The van der Waals surface area contributed by atoms with Gasteiger partial charge in [-0.05, 0) is 56.5 Å². The lowest BCUT2D eigenvalue weighted by Gasteiger charge is -2.38. The topological polar surface area (TPSA) is 97.5 Å². The molecule has 0 aliphatic carbocycles. The number of hydrogen-bond acceptors (Lipinski definition) is 5. The van der Waals surface area contributed by atoms with E-state index in [4.69, 9.17) is 5.73 Å². The van der Waals surface area contributed by atoms with E-state index in [2.05, 4.69) is 0 Å². The van der Waals surface area contributed by atoms with Crippen molar-refractivity contribution in [1.29, 1.82) is 0 Å². The molecule has 2 aromatic carbocycles. The largest absolute Gasteiger partial charge is 0.334 e. The van der Waals surface area contributed by atoms with E-state index in [1.165, 1.54) is 30.3 Å². The van der Waals surface area contributed by atoms with Crippen LogP contribution in [0.25, 0.3) is 0 Å². The Labute approximate surface area is 176 Å². The van der Waals surface area contributed by atoms with Gasteiger partial charge in [-0.15, -0.1) is 12.4 Å². The standard InChI is InChI=1S/C21H22N2O4S.ClH/c1-13(22)17-7-4-5-11-23(17)21(25)14-9-10-16-19(12-14)28(26,27)18-8-3-2-6-15(18)20(16)24;/h2-3,6,8-10,12-13,17H,4-5,7,11,22H2,1H3;1H. The zero-order valence-corrected chi connectivity index (χ0v) is 17.6. The predicted molar refractivity (Wildman–Crippen MR) is 111 cm³/mol. The number of carbonyl (C=O) groups excluding carboxylic acids is 2. The normalized spacial score (nSPS) is 20.8. The van der Waals surface area contributed by atoms with Crippen molar-refractivity contribution in [2.45, 2.75) is 48.1 Å². The molecule has 2 heterocycles. The van der Waals surface area contributed by atoms with E-state index >= 15 is 0 Å². The summed E-state index contributed by atoms with van der Waals surface area (Å²) in [6.07, 6.45) is 2.74. The maximum Gasteiger partial charge on any atom is 0.254 e. The molecule has 0 bridgehead atoms. The second kappa shape index (κ2) is 7.89. The van der Waals surface area contributed by atoms with Gasteiger partial charge in [0.25, 0.3) is 5.91 Å². The molecule has 1 amide bonds. The number of likely N-dealkylation sites (tertiary alicyclic amines) is 1. The molecule has 0 spiro atoms. The first-order chi connectivity index (χ1) is 13.3. The molecule has 6 nitrogen and oxygen atoms in total. The zero-order valence-electron chi connectivity index (χ0n) is 16.0. The van der Waals surface area contributed by atoms with E-state index in [9.17, 15) is 18.0 Å². The number of sulfone groups is 1. The molecule has 2 aliphatic rings. The van der Waals surface area contributed by atoms with E-state index in [0.29, 0.717) is 6.54 Å². The lowest BCUT2D eigenvalue weighted by Crippen LogP contribution is -2.51. The minimum absolute atomic E-state index is 0. The van der Waals surface area contributed by atoms with Gasteiger partial charge in [-0.1, -0.05) is 12.1 Å². The average molecular weight is 435 g/mol. The summed E-state index contributed by atoms with van der Waals surface area (Å²) in [5.74, 6) is -0.586. The van der Waals surface area contributed by atoms with Gasteiger partial charge in [0.05, 0.1) is 9.79 Å². The smallest absolute Gasteiger partial charge is 0.254 e. The van der Waals surface area contributed by atoms with Crippen molar-refractivity contribution in [2.75, 3.05) is 6.54 Å². The van der Waals surface area contributed by atoms with Crippen LogP contribution in [0.3, 0.4) is 0 Å². The SMILES string of the molecule is CC(N)C1CCCCN1C(=O)c1ccc2c(c1)S(=O)(=O)c1ccccc1C2=O.Cl. The first-order valence-corrected chi connectivity index (χ1v) is 10.9. The van der Waals surface area contributed by atoms with Crippen molar-refractivity contribution < 1.29 is 18.0 Å². The van der Waals surface area contributed by atoms with E-state index in [1.54, 1.807) is 17.0 Å². The Morgan fingerprint density at radius 3 is 2.52 bits per heavy atom. The number of piperidine rings is 1. The summed E-state index contributed by atoms with van der Waals surface area (Å²) < 4.78 is 26.1. The average Bonchev–Trinajstić information content (AvgIpc) is 2.71. The highest BCUT2D eigenvalue weighted by atomic mass is 35.5. The quantitative estimate of drug-likeness (QED) is 0.668. The van der Waals surface area contributed by atoms with Crippen molar-refractivity contribution >= 4 is 33.9 Å². The highest BCUT2D eigenvalue weighted by Gasteiger charge is 2.36. The Morgan fingerprint density at radius 1 is 1.10 bits per heavy atom. The number of halogens is 1. The van der Waals surface area contributed by atoms with Gasteiger partial charge in [0, 0.05) is 35.3 Å². The van der Waals surface area contributed by atoms with Gasteiger partial charge in [0.1, 0.15) is 0 Å². The van der Waals surface area contributed by atoms with Gasteiger partial charge < -0.3 is 10.6 Å². The fraction of sp³-hybridized carbons (Fsp3) is 0.333. The second-order valence-electron chi connectivity index (χ2n) is 7.46. The van der Waals surface area contributed by atoms with Crippen molar-refractivity contribution in [1.82, 2.24) is 4.90 Å². The second-order valence-corrected chi connectivity index (χ2v) is 9.35. The lowest BCUT2D eigenvalue weighted by molar-refractivity contribution is 0.0583. The summed E-state index contributed by atoms with van der Waals surface area (Å²) in [7, 11) is -3.87. The summed E-state index contributed by atoms with van der Waals surface area (Å²) in [6, 6.07) is 10.3. The van der Waals surface area contributed by atoms with Crippen LogP contribution in [0.2, 0.25) is 0 Å². The highest BCUT2D eigenvalue weighted by molar-refractivity contribution is 7.91. The number of amides is 1. The molecule has 0 aromatic heterocycles. The maximum atomic E-state index is 13.1. The van der Waals surface area contributed by atoms with Crippen LogP contribution < -0.4 is 5.73 Å². The van der Waals surface area contributed by atoms with E-state index in [-0.39, 0.29) is 62.7 Å². The van der Waals surface area contributed by atoms with Gasteiger partial charge >= 0.3 is 0 Å². The van der Waals surface area contributed by atoms with Crippen LogP contribution in [-0.2, 0) is 9.84 Å². The summed E-state index contributed by atoms with van der Waals surface area (Å²) in [5, 5.41) is 0. The minimum atomic E-state index is -3.87. The first kappa shape index (κ1) is 21.5. The Balaban J connectivity index is 0.00000240. The molecule has 2 unspecified atom stereocenters. The van der Waals surface area contributed by atoms with Gasteiger partial charge in [-0.3, -0.25) is 9.59 Å². The molecular weight excluding hydrogens is 412 g/mol. The number of fused-ring (bicyclic) bond motifs is 2. The molecule has 1 fully saturated rings. The molecule has 4 rings (SSSR count). The number of benzene rings is 2. The van der Waals surface area contributed by atoms with Gasteiger partial charge in [0.2, 0.25) is 9.84 Å². The monoisotopic (exact) mass is 434 g/mol. The van der Waals surface area contributed by atoms with Crippen molar-refractivity contribution in [3.63, 3.8) is 0 Å². The fourth-order valence-electron chi connectivity index (χ4n) is 4.14. The predicted octanol–water partition coefficient (Wildman–Crippen LogP) is 2.83. The van der Waals surface area contributed by atoms with Crippen LogP contribution >= 0.6 is 12.4 Å². The first-order valence-electron chi connectivity index (χ1n) is 9.42. The fourth-order valence-corrected chi connectivity index (χ4v) is 5.82. The molecule has 8 heteroatoms. The molecule has 2 atom stereocenters. The van der Waals surface area contributed by atoms with Crippen molar-refractivity contribution in [2.24, 2.45) is 5.73 Å². The Hall–Kier alpha value is -2.22. The third-order valence-electron chi connectivity index (χ3n) is 5.60. The zero-order chi connectivity index (χ0) is 20.1. The lowest BCUT2D eigenvalue weighted by atomic mass is 9.95. The number of hydrogen-bond donors (Lipinski definition) is 1. The molecule has 2 N–H and O–H groups in total. The van der Waals surface area contributed by atoms with Crippen molar-refractivity contribution in [3.05, 3.63) is 59.2 Å².